The Hall–Kier alpha value is -2.30. The zero-order valence-electron chi connectivity index (χ0n) is 19.0. The van der Waals surface area contributed by atoms with Gasteiger partial charge in [-0.2, -0.15) is 0 Å². The minimum absolute atomic E-state index is 0.00888. The van der Waals surface area contributed by atoms with Crippen molar-refractivity contribution in [2.75, 3.05) is 13.2 Å². The van der Waals surface area contributed by atoms with Crippen molar-refractivity contribution in [3.05, 3.63) is 40.2 Å². The van der Waals surface area contributed by atoms with Gasteiger partial charge in [0.25, 0.3) is 11.5 Å². The molecule has 2 aliphatic carbocycles. The summed E-state index contributed by atoms with van der Waals surface area (Å²) in [6, 6.07) is 7.69. The second-order valence-corrected chi connectivity index (χ2v) is 9.78. The fraction of sp³-hybridized carbons (Fsp3) is 0.615. The van der Waals surface area contributed by atoms with E-state index in [0.717, 1.165) is 29.6 Å². The van der Waals surface area contributed by atoms with Crippen LogP contribution in [0.2, 0.25) is 0 Å². The molecule has 0 bridgehead atoms. The van der Waals surface area contributed by atoms with Gasteiger partial charge in [0.15, 0.2) is 6.61 Å². The summed E-state index contributed by atoms with van der Waals surface area (Å²) in [5, 5.41) is 4.13. The molecule has 0 saturated heterocycles. The third-order valence-electron chi connectivity index (χ3n) is 7.09. The molecule has 4 rings (SSSR count). The maximum absolute atomic E-state index is 12.9. The summed E-state index contributed by atoms with van der Waals surface area (Å²) >= 11 is 0. The molecule has 0 aliphatic heterocycles. The van der Waals surface area contributed by atoms with Crippen molar-refractivity contribution in [2.45, 2.75) is 77.7 Å². The van der Waals surface area contributed by atoms with Crippen molar-refractivity contribution in [1.82, 2.24) is 9.88 Å². The number of benzene rings is 1. The summed E-state index contributed by atoms with van der Waals surface area (Å²) in [4.78, 5) is 25.2. The topological polar surface area (TPSA) is 60.3 Å². The van der Waals surface area contributed by atoms with E-state index in [1.807, 2.05) is 22.8 Å². The highest BCUT2D eigenvalue weighted by Gasteiger charge is 2.21. The van der Waals surface area contributed by atoms with Crippen molar-refractivity contribution in [3.8, 4) is 5.75 Å². The van der Waals surface area contributed by atoms with Crippen LogP contribution < -0.4 is 15.6 Å². The largest absolute Gasteiger partial charge is 0.484 e. The van der Waals surface area contributed by atoms with Crippen LogP contribution in [-0.2, 0) is 11.3 Å². The molecule has 0 spiro atoms. The van der Waals surface area contributed by atoms with Gasteiger partial charge in [0.05, 0.1) is 5.52 Å². The van der Waals surface area contributed by atoms with E-state index in [0.29, 0.717) is 17.6 Å². The first-order valence-corrected chi connectivity index (χ1v) is 12.1. The highest BCUT2D eigenvalue weighted by atomic mass is 16.5. The predicted octanol–water partition coefficient (Wildman–Crippen LogP) is 5.00. The van der Waals surface area contributed by atoms with Gasteiger partial charge in [-0.1, -0.05) is 39.5 Å². The van der Waals surface area contributed by atoms with Gasteiger partial charge in [-0.3, -0.25) is 9.59 Å². The number of aromatic nitrogens is 1. The van der Waals surface area contributed by atoms with Gasteiger partial charge < -0.3 is 14.6 Å². The Balaban J connectivity index is 1.48. The molecule has 1 aromatic carbocycles. The Morgan fingerprint density at radius 3 is 2.48 bits per heavy atom. The molecule has 0 unspecified atom stereocenters. The Morgan fingerprint density at radius 1 is 1.06 bits per heavy atom. The normalized spacial score (nSPS) is 17.6. The fourth-order valence-electron chi connectivity index (χ4n) is 4.92. The van der Waals surface area contributed by atoms with E-state index in [1.54, 1.807) is 6.07 Å². The van der Waals surface area contributed by atoms with E-state index >= 15 is 0 Å². The monoisotopic (exact) mass is 424 g/mol. The van der Waals surface area contributed by atoms with Crippen LogP contribution in [-0.4, -0.2) is 23.6 Å². The Bertz CT molecular complexity index is 969. The van der Waals surface area contributed by atoms with Gasteiger partial charge >= 0.3 is 0 Å². The molecule has 2 aliphatic rings. The molecule has 1 aromatic heterocycles. The summed E-state index contributed by atoms with van der Waals surface area (Å²) < 4.78 is 7.73. The number of amides is 1. The number of pyridine rings is 1. The molecule has 168 valence electrons. The van der Waals surface area contributed by atoms with Gasteiger partial charge in [-0.05, 0) is 61.1 Å². The van der Waals surface area contributed by atoms with Crippen LogP contribution >= 0.6 is 0 Å². The first-order chi connectivity index (χ1) is 15.0. The minimum Gasteiger partial charge on any atom is -0.484 e. The number of hydrogen-bond donors (Lipinski definition) is 1. The van der Waals surface area contributed by atoms with Gasteiger partial charge in [0, 0.05) is 30.6 Å². The van der Waals surface area contributed by atoms with Crippen LogP contribution in [0.1, 0.15) is 76.7 Å². The molecule has 1 heterocycles. The number of carbonyl (C=O) groups is 1. The predicted molar refractivity (Wildman–Crippen MR) is 125 cm³/mol. The van der Waals surface area contributed by atoms with Crippen molar-refractivity contribution in [3.63, 3.8) is 0 Å². The third kappa shape index (κ3) is 5.31. The van der Waals surface area contributed by atoms with E-state index in [2.05, 4.69) is 19.2 Å². The van der Waals surface area contributed by atoms with Crippen LogP contribution in [0.5, 0.6) is 5.75 Å². The number of hydrogen-bond acceptors (Lipinski definition) is 3. The third-order valence-corrected chi connectivity index (χ3v) is 7.09. The molecule has 2 aromatic rings. The molecular formula is C26H36N2O3. The summed E-state index contributed by atoms with van der Waals surface area (Å²) in [7, 11) is 0. The van der Waals surface area contributed by atoms with Gasteiger partial charge in [-0.25, -0.2) is 0 Å². The van der Waals surface area contributed by atoms with E-state index in [1.165, 1.54) is 51.4 Å². The van der Waals surface area contributed by atoms with Crippen molar-refractivity contribution >= 4 is 16.8 Å². The fourth-order valence-corrected chi connectivity index (χ4v) is 4.92. The number of rotatable bonds is 8. The van der Waals surface area contributed by atoms with E-state index in [4.69, 9.17) is 4.74 Å². The zero-order chi connectivity index (χ0) is 21.8. The smallest absolute Gasteiger partial charge is 0.257 e. The first-order valence-electron chi connectivity index (χ1n) is 12.1. The molecule has 0 radical (unpaired) electrons. The lowest BCUT2D eigenvalue weighted by atomic mass is 9.85. The van der Waals surface area contributed by atoms with Gasteiger partial charge in [-0.15, -0.1) is 0 Å². The second-order valence-electron chi connectivity index (χ2n) is 9.78. The highest BCUT2D eigenvalue weighted by Crippen LogP contribution is 2.31. The summed E-state index contributed by atoms with van der Waals surface area (Å²) in [5.41, 5.74) is 2.05. The summed E-state index contributed by atoms with van der Waals surface area (Å²) in [5.74, 6) is 2.03. The maximum Gasteiger partial charge on any atom is 0.257 e. The van der Waals surface area contributed by atoms with Crippen LogP contribution in [0.15, 0.2) is 29.1 Å². The number of nitrogens with one attached hydrogen (secondary N) is 1. The lowest BCUT2D eigenvalue weighted by molar-refractivity contribution is -0.123. The Labute approximate surface area is 185 Å². The highest BCUT2D eigenvalue weighted by molar-refractivity contribution is 5.84. The molecule has 1 amide bonds. The first kappa shape index (κ1) is 21.9. The van der Waals surface area contributed by atoms with Gasteiger partial charge in [0.2, 0.25) is 0 Å². The van der Waals surface area contributed by atoms with E-state index in [-0.39, 0.29) is 24.0 Å². The molecule has 1 N–H and O–H groups in total. The van der Waals surface area contributed by atoms with Crippen LogP contribution in [0.4, 0.5) is 0 Å². The van der Waals surface area contributed by atoms with Crippen molar-refractivity contribution < 1.29 is 9.53 Å². The summed E-state index contributed by atoms with van der Waals surface area (Å²) in [6.07, 6.45) is 9.93. The Morgan fingerprint density at radius 2 is 1.81 bits per heavy atom. The molecule has 31 heavy (non-hydrogen) atoms. The number of fused-ring (bicyclic) bond motifs is 1. The molecule has 5 heteroatoms. The average Bonchev–Trinajstić information content (AvgIpc) is 2.74. The number of ether oxygens (including phenoxy) is 1. The van der Waals surface area contributed by atoms with Crippen molar-refractivity contribution in [1.29, 1.82) is 0 Å². The molecule has 0 atom stereocenters. The quantitative estimate of drug-likeness (QED) is 0.649. The van der Waals surface area contributed by atoms with E-state index in [9.17, 15) is 9.59 Å². The molecule has 5 nitrogen and oxygen atoms in total. The zero-order valence-corrected chi connectivity index (χ0v) is 19.0. The van der Waals surface area contributed by atoms with Crippen LogP contribution in [0.3, 0.4) is 0 Å². The van der Waals surface area contributed by atoms with Crippen molar-refractivity contribution in [2.24, 2.45) is 11.8 Å². The van der Waals surface area contributed by atoms with E-state index < -0.39 is 0 Å². The molecular weight excluding hydrogens is 388 g/mol. The number of nitrogens with zero attached hydrogens (tertiary/aromatic N) is 1. The average molecular weight is 425 g/mol. The SMILES string of the molecule is CC(C)c1cc(=O)n(CC2CCC2)c2cc(OCC(=O)NCC3CCCCC3)ccc12. The second kappa shape index (κ2) is 9.88. The molecule has 2 saturated carbocycles. The number of carbonyl (C=O) groups excluding carboxylic acids is 1. The standard InChI is InChI=1S/C26H36N2O3/c1-18(2)23-14-26(30)28(16-20-9-6-10-20)24-13-21(11-12-22(23)24)31-17-25(29)27-15-19-7-4-3-5-8-19/h11-14,18-20H,3-10,15-17H2,1-2H3,(H,27,29). The lowest BCUT2D eigenvalue weighted by Crippen LogP contribution is -2.33. The Kier molecular flexibility index (Phi) is 6.99. The molecule has 2 fully saturated rings. The van der Waals surface area contributed by atoms with Crippen LogP contribution in [0, 0.1) is 11.8 Å². The lowest BCUT2D eigenvalue weighted by Gasteiger charge is -2.27. The minimum atomic E-state index is -0.0755. The van der Waals surface area contributed by atoms with Crippen LogP contribution in [0.25, 0.3) is 10.9 Å². The maximum atomic E-state index is 12.9. The summed E-state index contributed by atoms with van der Waals surface area (Å²) in [6.45, 7) is 5.75. The van der Waals surface area contributed by atoms with Gasteiger partial charge in [0.1, 0.15) is 5.75 Å².